The second-order valence-corrected chi connectivity index (χ2v) is 5.98. The second-order valence-electron chi connectivity index (χ2n) is 4.86. The summed E-state index contributed by atoms with van der Waals surface area (Å²) in [5.74, 6) is 1.81. The van der Waals surface area contributed by atoms with Crippen LogP contribution in [0.25, 0.3) is 0 Å². The van der Waals surface area contributed by atoms with Crippen LogP contribution < -0.4 is 15.5 Å². The lowest BCUT2D eigenvalue weighted by molar-refractivity contribution is 0.796. The van der Waals surface area contributed by atoms with Crippen LogP contribution >= 0.6 is 23.1 Å². The third-order valence-corrected chi connectivity index (χ3v) is 4.37. The average molecular weight is 326 g/mol. The Kier molecular flexibility index (Phi) is 4.07. The number of hydrogen-bond acceptors (Lipinski definition) is 8. The van der Waals surface area contributed by atoms with Crippen molar-refractivity contribution >= 4 is 40.0 Å². The molecule has 1 aliphatic heterocycles. The Bertz CT molecular complexity index is 612. The minimum Gasteiger partial charge on any atom is -0.368 e. The molecule has 21 heavy (non-hydrogen) atoms. The molecule has 2 aromatic heterocycles. The van der Waals surface area contributed by atoms with Crippen molar-refractivity contribution in [3.05, 3.63) is 17.0 Å². The number of anilines is 3. The molecule has 3 heterocycles. The van der Waals surface area contributed by atoms with Gasteiger partial charge in [-0.25, -0.2) is 9.97 Å². The Morgan fingerprint density at radius 1 is 1.14 bits per heavy atom. The highest BCUT2D eigenvalue weighted by molar-refractivity contribution is 7.09. The van der Waals surface area contributed by atoms with Crippen molar-refractivity contribution < 1.29 is 0 Å². The van der Waals surface area contributed by atoms with E-state index in [0.29, 0.717) is 5.15 Å². The van der Waals surface area contributed by atoms with E-state index in [2.05, 4.69) is 29.1 Å². The lowest BCUT2D eigenvalue weighted by Gasteiger charge is -2.22. The zero-order valence-electron chi connectivity index (χ0n) is 11.7. The number of rotatable bonds is 2. The maximum atomic E-state index is 5.95. The summed E-state index contributed by atoms with van der Waals surface area (Å²) in [6.45, 7) is 5.48. The van der Waals surface area contributed by atoms with Gasteiger partial charge < -0.3 is 15.5 Å². The first-order valence-corrected chi connectivity index (χ1v) is 7.87. The van der Waals surface area contributed by atoms with Gasteiger partial charge in [0.2, 0.25) is 11.1 Å². The Morgan fingerprint density at radius 3 is 2.62 bits per heavy atom. The van der Waals surface area contributed by atoms with Gasteiger partial charge in [0.15, 0.2) is 0 Å². The lowest BCUT2D eigenvalue weighted by Crippen LogP contribution is -2.31. The highest BCUT2D eigenvalue weighted by Crippen LogP contribution is 2.22. The summed E-state index contributed by atoms with van der Waals surface area (Å²) in [6, 6.07) is 1.75. The number of halogens is 1. The SMILES string of the molecule is Cc1nsc(N2CCCN(c3cc(Cl)nc(N)n3)CC2)n1. The Hall–Kier alpha value is -1.67. The molecule has 0 atom stereocenters. The Labute approximate surface area is 131 Å². The summed E-state index contributed by atoms with van der Waals surface area (Å²) < 4.78 is 4.24. The van der Waals surface area contributed by atoms with Gasteiger partial charge in [0.25, 0.3) is 0 Å². The largest absolute Gasteiger partial charge is 0.368 e. The first kappa shape index (κ1) is 14.3. The van der Waals surface area contributed by atoms with Crippen molar-refractivity contribution in [3.8, 4) is 0 Å². The van der Waals surface area contributed by atoms with Crippen molar-refractivity contribution in [1.82, 2.24) is 19.3 Å². The van der Waals surface area contributed by atoms with Gasteiger partial charge in [-0.05, 0) is 13.3 Å². The monoisotopic (exact) mass is 325 g/mol. The Morgan fingerprint density at radius 2 is 1.90 bits per heavy atom. The van der Waals surface area contributed by atoms with Gasteiger partial charge in [-0.1, -0.05) is 11.6 Å². The maximum absolute atomic E-state index is 5.95. The summed E-state index contributed by atoms with van der Waals surface area (Å²) in [5.41, 5.74) is 5.67. The molecule has 2 N–H and O–H groups in total. The second kappa shape index (κ2) is 5.98. The van der Waals surface area contributed by atoms with E-state index in [4.69, 9.17) is 17.3 Å². The van der Waals surface area contributed by atoms with E-state index in [-0.39, 0.29) is 5.95 Å². The molecule has 0 saturated carbocycles. The third-order valence-electron chi connectivity index (χ3n) is 3.31. The fourth-order valence-corrected chi connectivity index (χ4v) is 3.25. The highest BCUT2D eigenvalue weighted by Gasteiger charge is 2.19. The van der Waals surface area contributed by atoms with Gasteiger partial charge in [-0.2, -0.15) is 9.36 Å². The van der Waals surface area contributed by atoms with E-state index >= 15 is 0 Å². The number of aryl methyl sites for hydroxylation is 1. The van der Waals surface area contributed by atoms with E-state index < -0.39 is 0 Å². The van der Waals surface area contributed by atoms with Crippen molar-refractivity contribution in [2.75, 3.05) is 41.7 Å². The molecule has 0 aliphatic carbocycles. The molecule has 0 spiro atoms. The summed E-state index contributed by atoms with van der Waals surface area (Å²) >= 11 is 7.40. The number of nitrogens with two attached hydrogens (primary N) is 1. The van der Waals surface area contributed by atoms with Crippen LogP contribution in [-0.2, 0) is 0 Å². The van der Waals surface area contributed by atoms with Crippen molar-refractivity contribution in [3.63, 3.8) is 0 Å². The molecule has 1 aliphatic rings. The molecular weight excluding hydrogens is 310 g/mol. The van der Waals surface area contributed by atoms with E-state index in [1.165, 1.54) is 11.5 Å². The van der Waals surface area contributed by atoms with Crippen LogP contribution in [0.3, 0.4) is 0 Å². The van der Waals surface area contributed by atoms with Crippen LogP contribution in [0, 0.1) is 6.92 Å². The quantitative estimate of drug-likeness (QED) is 0.839. The molecule has 3 rings (SSSR count). The molecule has 7 nitrogen and oxygen atoms in total. The molecule has 0 bridgehead atoms. The van der Waals surface area contributed by atoms with E-state index in [1.807, 2.05) is 6.92 Å². The average Bonchev–Trinajstić information content (AvgIpc) is 2.72. The van der Waals surface area contributed by atoms with Crippen LogP contribution in [0.1, 0.15) is 12.2 Å². The number of aromatic nitrogens is 4. The predicted octanol–water partition coefficient (Wildman–Crippen LogP) is 1.59. The van der Waals surface area contributed by atoms with Crippen LogP contribution in [0.4, 0.5) is 16.9 Å². The number of nitrogens with zero attached hydrogens (tertiary/aromatic N) is 6. The molecule has 9 heteroatoms. The summed E-state index contributed by atoms with van der Waals surface area (Å²) in [6.07, 6.45) is 1.01. The molecule has 2 aromatic rings. The maximum Gasteiger partial charge on any atom is 0.223 e. The zero-order valence-corrected chi connectivity index (χ0v) is 13.2. The van der Waals surface area contributed by atoms with Gasteiger partial charge in [0, 0.05) is 43.8 Å². The highest BCUT2D eigenvalue weighted by atomic mass is 35.5. The van der Waals surface area contributed by atoms with Crippen molar-refractivity contribution in [2.45, 2.75) is 13.3 Å². The van der Waals surface area contributed by atoms with Gasteiger partial charge in [0.1, 0.15) is 16.8 Å². The first-order chi connectivity index (χ1) is 10.1. The fraction of sp³-hybridized carbons (Fsp3) is 0.500. The standard InChI is InChI=1S/C12H16ClN7S/c1-8-15-12(21-18-8)20-4-2-3-19(5-6-20)10-7-9(13)16-11(14)17-10/h7H,2-6H2,1H3,(H2,14,16,17). The molecule has 0 aromatic carbocycles. The lowest BCUT2D eigenvalue weighted by atomic mass is 10.4. The van der Waals surface area contributed by atoms with E-state index in [9.17, 15) is 0 Å². The fourth-order valence-electron chi connectivity index (χ4n) is 2.34. The molecule has 1 fully saturated rings. The molecule has 0 unspecified atom stereocenters. The van der Waals surface area contributed by atoms with Crippen molar-refractivity contribution in [2.24, 2.45) is 0 Å². The predicted molar refractivity (Wildman–Crippen MR) is 85.1 cm³/mol. The van der Waals surface area contributed by atoms with Gasteiger partial charge in [0.05, 0.1) is 0 Å². The summed E-state index contributed by atoms with van der Waals surface area (Å²) in [5, 5.41) is 1.35. The first-order valence-electron chi connectivity index (χ1n) is 6.72. The van der Waals surface area contributed by atoms with E-state index in [0.717, 1.165) is 49.4 Å². The van der Waals surface area contributed by atoms with Gasteiger partial charge in [-0.15, -0.1) is 0 Å². The summed E-state index contributed by atoms with van der Waals surface area (Å²) in [4.78, 5) is 17.1. The van der Waals surface area contributed by atoms with Crippen LogP contribution in [-0.4, -0.2) is 45.5 Å². The van der Waals surface area contributed by atoms with Crippen LogP contribution in [0.5, 0.6) is 0 Å². The van der Waals surface area contributed by atoms with Crippen LogP contribution in [0.15, 0.2) is 6.07 Å². The minimum atomic E-state index is 0.207. The summed E-state index contributed by atoms with van der Waals surface area (Å²) in [7, 11) is 0. The molecule has 0 amide bonds. The topological polar surface area (TPSA) is 84.1 Å². The van der Waals surface area contributed by atoms with Gasteiger partial charge in [-0.3, -0.25) is 0 Å². The number of hydrogen-bond donors (Lipinski definition) is 1. The molecule has 112 valence electrons. The normalized spacial score (nSPS) is 16.1. The molecular formula is C12H16ClN7S. The van der Waals surface area contributed by atoms with Crippen molar-refractivity contribution in [1.29, 1.82) is 0 Å². The van der Waals surface area contributed by atoms with Crippen LogP contribution in [0.2, 0.25) is 5.15 Å². The smallest absolute Gasteiger partial charge is 0.223 e. The third kappa shape index (κ3) is 3.33. The molecule has 1 saturated heterocycles. The van der Waals surface area contributed by atoms with Gasteiger partial charge >= 0.3 is 0 Å². The number of nitrogen functional groups attached to an aromatic ring is 1. The minimum absolute atomic E-state index is 0.207. The Balaban J connectivity index is 1.73. The zero-order chi connectivity index (χ0) is 14.8. The van der Waals surface area contributed by atoms with E-state index in [1.54, 1.807) is 6.07 Å². The molecule has 0 radical (unpaired) electrons.